The average molecular weight is 438 g/mol. The SMILES string of the molecule is C=Cc1cccc(NC(=O)c2cc(-c3ccc4ncsc4c3)n(-c3cccc(C)n3)n2)c1. The number of carbonyl (C=O) groups is 1. The number of carbonyl (C=O) groups excluding carboxylic acids is 1. The molecular formula is C25H19N5OS. The number of benzene rings is 2. The van der Waals surface area contributed by atoms with E-state index in [1.165, 1.54) is 0 Å². The van der Waals surface area contributed by atoms with E-state index in [1.54, 1.807) is 28.2 Å². The van der Waals surface area contributed by atoms with E-state index in [0.717, 1.165) is 32.7 Å². The van der Waals surface area contributed by atoms with Crippen molar-refractivity contribution in [2.45, 2.75) is 6.92 Å². The van der Waals surface area contributed by atoms with Gasteiger partial charge >= 0.3 is 0 Å². The Kier molecular flexibility index (Phi) is 5.09. The summed E-state index contributed by atoms with van der Waals surface area (Å²) in [5, 5.41) is 7.54. The minimum Gasteiger partial charge on any atom is -0.321 e. The number of thiazole rings is 1. The molecule has 0 saturated heterocycles. The Morgan fingerprint density at radius 2 is 1.97 bits per heavy atom. The van der Waals surface area contributed by atoms with Crippen molar-refractivity contribution < 1.29 is 4.79 Å². The molecule has 5 aromatic rings. The van der Waals surface area contributed by atoms with Crippen LogP contribution in [0.1, 0.15) is 21.7 Å². The molecule has 0 aliphatic heterocycles. The first-order valence-electron chi connectivity index (χ1n) is 10.0. The number of amides is 1. The van der Waals surface area contributed by atoms with E-state index in [4.69, 9.17) is 0 Å². The van der Waals surface area contributed by atoms with Crippen LogP contribution in [0.2, 0.25) is 0 Å². The second kappa shape index (κ2) is 8.20. The average Bonchev–Trinajstić information content (AvgIpc) is 3.46. The molecule has 0 aliphatic rings. The lowest BCUT2D eigenvalue weighted by Gasteiger charge is -2.07. The number of fused-ring (bicyclic) bond motifs is 1. The van der Waals surface area contributed by atoms with Crippen molar-refractivity contribution in [2.24, 2.45) is 0 Å². The van der Waals surface area contributed by atoms with Gasteiger partial charge in [-0.15, -0.1) is 11.3 Å². The van der Waals surface area contributed by atoms with Crippen LogP contribution in [0.15, 0.2) is 78.8 Å². The molecule has 1 N–H and O–H groups in total. The molecule has 0 fully saturated rings. The number of pyridine rings is 1. The summed E-state index contributed by atoms with van der Waals surface area (Å²) >= 11 is 1.57. The number of nitrogens with zero attached hydrogens (tertiary/aromatic N) is 4. The lowest BCUT2D eigenvalue weighted by molar-refractivity contribution is 0.102. The van der Waals surface area contributed by atoms with Crippen LogP contribution in [0.5, 0.6) is 0 Å². The highest BCUT2D eigenvalue weighted by atomic mass is 32.1. The molecule has 0 unspecified atom stereocenters. The van der Waals surface area contributed by atoms with E-state index in [1.807, 2.05) is 67.0 Å². The van der Waals surface area contributed by atoms with Crippen molar-refractivity contribution in [3.05, 3.63) is 95.8 Å². The van der Waals surface area contributed by atoms with Gasteiger partial charge in [0.25, 0.3) is 5.91 Å². The van der Waals surface area contributed by atoms with Gasteiger partial charge in [0.2, 0.25) is 0 Å². The fourth-order valence-corrected chi connectivity index (χ4v) is 4.19. The predicted molar refractivity (Wildman–Crippen MR) is 129 cm³/mol. The van der Waals surface area contributed by atoms with E-state index >= 15 is 0 Å². The minimum absolute atomic E-state index is 0.294. The largest absolute Gasteiger partial charge is 0.321 e. The van der Waals surface area contributed by atoms with Crippen LogP contribution >= 0.6 is 11.3 Å². The fourth-order valence-electron chi connectivity index (χ4n) is 3.47. The Bertz CT molecular complexity index is 1470. The highest BCUT2D eigenvalue weighted by molar-refractivity contribution is 7.16. The zero-order valence-corrected chi connectivity index (χ0v) is 18.1. The van der Waals surface area contributed by atoms with Crippen molar-refractivity contribution in [2.75, 3.05) is 5.32 Å². The molecule has 3 heterocycles. The highest BCUT2D eigenvalue weighted by Gasteiger charge is 2.18. The zero-order chi connectivity index (χ0) is 22.1. The lowest BCUT2D eigenvalue weighted by atomic mass is 10.1. The zero-order valence-electron chi connectivity index (χ0n) is 17.3. The summed E-state index contributed by atoms with van der Waals surface area (Å²) in [5.74, 6) is 0.356. The molecule has 0 atom stereocenters. The Hall–Kier alpha value is -4.10. The Morgan fingerprint density at radius 1 is 1.09 bits per heavy atom. The monoisotopic (exact) mass is 437 g/mol. The van der Waals surface area contributed by atoms with Crippen LogP contribution in [0.25, 0.3) is 33.4 Å². The standard InChI is InChI=1S/C25H19N5OS/c1-3-17-7-5-8-19(12-17)28-25(31)21-14-22(18-10-11-20-23(13-18)32-15-26-20)30(29-21)24-9-4-6-16(2)27-24/h3-15H,1H2,2H3,(H,28,31). The maximum atomic E-state index is 13.0. The normalized spacial score (nSPS) is 10.9. The Labute approximate surface area is 188 Å². The maximum Gasteiger partial charge on any atom is 0.276 e. The summed E-state index contributed by atoms with van der Waals surface area (Å²) in [4.78, 5) is 22.0. The third-order valence-corrected chi connectivity index (χ3v) is 5.83. The summed E-state index contributed by atoms with van der Waals surface area (Å²) < 4.78 is 2.78. The van der Waals surface area contributed by atoms with E-state index in [2.05, 4.69) is 33.0 Å². The van der Waals surface area contributed by atoms with Gasteiger partial charge in [-0.1, -0.05) is 36.9 Å². The number of nitrogens with one attached hydrogen (secondary N) is 1. The Balaban J connectivity index is 1.58. The van der Waals surface area contributed by atoms with Crippen LogP contribution in [0.3, 0.4) is 0 Å². The number of aromatic nitrogens is 4. The molecule has 6 nitrogen and oxygen atoms in total. The molecule has 32 heavy (non-hydrogen) atoms. The maximum absolute atomic E-state index is 13.0. The summed E-state index contributed by atoms with van der Waals surface area (Å²) in [7, 11) is 0. The van der Waals surface area contributed by atoms with Crippen LogP contribution in [0, 0.1) is 6.92 Å². The first-order chi connectivity index (χ1) is 15.6. The van der Waals surface area contributed by atoms with Gasteiger partial charge < -0.3 is 5.32 Å². The summed E-state index contributed by atoms with van der Waals surface area (Å²) in [6, 6.07) is 21.0. The Morgan fingerprint density at radius 3 is 2.81 bits per heavy atom. The van der Waals surface area contributed by atoms with Crippen LogP contribution in [-0.4, -0.2) is 25.7 Å². The first-order valence-corrected chi connectivity index (χ1v) is 10.9. The lowest BCUT2D eigenvalue weighted by Crippen LogP contribution is -2.13. The summed E-state index contributed by atoms with van der Waals surface area (Å²) in [5.41, 5.74) is 7.27. The topological polar surface area (TPSA) is 72.7 Å². The third kappa shape index (κ3) is 3.81. The van der Waals surface area contributed by atoms with Gasteiger partial charge in [0.15, 0.2) is 11.5 Å². The van der Waals surface area contributed by atoms with Gasteiger partial charge in [-0.2, -0.15) is 5.10 Å². The first kappa shape index (κ1) is 19.8. The minimum atomic E-state index is -0.294. The predicted octanol–water partition coefficient (Wildman–Crippen LogP) is 5.75. The van der Waals surface area contributed by atoms with Gasteiger partial charge in [0.1, 0.15) is 0 Å². The van der Waals surface area contributed by atoms with E-state index in [-0.39, 0.29) is 5.91 Å². The number of hydrogen-bond acceptors (Lipinski definition) is 5. The van der Waals surface area contributed by atoms with Crippen LogP contribution in [0.4, 0.5) is 5.69 Å². The van der Waals surface area contributed by atoms with E-state index < -0.39 is 0 Å². The van der Waals surface area contributed by atoms with Crippen LogP contribution in [-0.2, 0) is 0 Å². The molecule has 156 valence electrons. The molecule has 5 rings (SSSR count). The molecule has 0 spiro atoms. The van der Waals surface area contributed by atoms with Crippen molar-refractivity contribution in [3.63, 3.8) is 0 Å². The number of hydrogen-bond donors (Lipinski definition) is 1. The van der Waals surface area contributed by atoms with E-state index in [9.17, 15) is 4.79 Å². The molecule has 7 heteroatoms. The van der Waals surface area contributed by atoms with Crippen molar-refractivity contribution in [1.29, 1.82) is 0 Å². The molecular weight excluding hydrogens is 418 g/mol. The van der Waals surface area contributed by atoms with Crippen LogP contribution < -0.4 is 5.32 Å². The van der Waals surface area contributed by atoms with E-state index in [0.29, 0.717) is 17.2 Å². The molecule has 2 aromatic carbocycles. The van der Waals surface area contributed by atoms with Gasteiger partial charge in [0, 0.05) is 16.9 Å². The van der Waals surface area contributed by atoms with Gasteiger partial charge in [-0.05, 0) is 55.0 Å². The molecule has 1 amide bonds. The second-order valence-electron chi connectivity index (χ2n) is 7.28. The molecule has 0 aliphatic carbocycles. The fraction of sp³-hybridized carbons (Fsp3) is 0.0400. The van der Waals surface area contributed by atoms with Gasteiger partial charge in [-0.25, -0.2) is 14.6 Å². The molecule has 0 radical (unpaired) electrons. The molecule has 0 saturated carbocycles. The number of aryl methyl sites for hydroxylation is 1. The van der Waals surface area contributed by atoms with Crippen molar-refractivity contribution in [3.8, 4) is 17.1 Å². The molecule has 3 aromatic heterocycles. The molecule has 0 bridgehead atoms. The quantitative estimate of drug-likeness (QED) is 0.380. The number of rotatable bonds is 5. The smallest absolute Gasteiger partial charge is 0.276 e. The van der Waals surface area contributed by atoms with Gasteiger partial charge in [-0.3, -0.25) is 4.79 Å². The number of anilines is 1. The van der Waals surface area contributed by atoms with Crippen molar-refractivity contribution in [1.82, 2.24) is 19.7 Å². The van der Waals surface area contributed by atoms with Crippen molar-refractivity contribution >= 4 is 39.2 Å². The van der Waals surface area contributed by atoms with Gasteiger partial charge in [0.05, 0.1) is 21.4 Å². The highest BCUT2D eigenvalue weighted by Crippen LogP contribution is 2.29. The summed E-state index contributed by atoms with van der Waals surface area (Å²) in [6.45, 7) is 5.70. The summed E-state index contributed by atoms with van der Waals surface area (Å²) in [6.07, 6.45) is 1.74. The second-order valence-corrected chi connectivity index (χ2v) is 8.17. The third-order valence-electron chi connectivity index (χ3n) is 5.04.